The number of benzene rings is 2. The van der Waals surface area contributed by atoms with Gasteiger partial charge in [-0.1, -0.05) is 29.3 Å². The third-order valence-corrected chi connectivity index (χ3v) is 4.64. The van der Waals surface area contributed by atoms with Crippen LogP contribution in [0.4, 0.5) is 5.69 Å². The fourth-order valence-corrected chi connectivity index (χ4v) is 3.64. The number of anilines is 1. The van der Waals surface area contributed by atoms with Crippen LogP contribution in [-0.2, 0) is 11.4 Å². The van der Waals surface area contributed by atoms with Gasteiger partial charge in [-0.2, -0.15) is 0 Å². The summed E-state index contributed by atoms with van der Waals surface area (Å²) in [5.41, 5.74) is 4.73. The highest BCUT2D eigenvalue weighted by Gasteiger charge is 2.26. The van der Waals surface area contributed by atoms with Crippen molar-refractivity contribution in [3.05, 3.63) is 59.2 Å². The van der Waals surface area contributed by atoms with E-state index in [0.717, 1.165) is 30.8 Å². The normalized spacial score (nSPS) is 16.9. The van der Waals surface area contributed by atoms with Gasteiger partial charge in [0.2, 0.25) is 0 Å². The van der Waals surface area contributed by atoms with Crippen molar-refractivity contribution in [1.29, 1.82) is 0 Å². The van der Waals surface area contributed by atoms with Gasteiger partial charge in [-0.3, -0.25) is 4.79 Å². The molecule has 132 valence electrons. The lowest BCUT2D eigenvalue weighted by molar-refractivity contribution is -0.137. The Bertz CT molecular complexity index is 719. The van der Waals surface area contributed by atoms with Gasteiger partial charge in [0, 0.05) is 18.3 Å². The van der Waals surface area contributed by atoms with Crippen molar-refractivity contribution in [3.63, 3.8) is 0 Å². The number of carbonyl (C=O) groups is 1. The molecule has 0 bridgehead atoms. The molecule has 0 amide bonds. The molecule has 1 atom stereocenters. The van der Waals surface area contributed by atoms with E-state index in [9.17, 15) is 4.79 Å². The van der Waals surface area contributed by atoms with Crippen LogP contribution in [-0.4, -0.2) is 23.7 Å². The van der Waals surface area contributed by atoms with E-state index in [1.54, 1.807) is 0 Å². The number of hydrogen-bond acceptors (Lipinski definition) is 3. The maximum absolute atomic E-state index is 11.0. The molecule has 25 heavy (non-hydrogen) atoms. The van der Waals surface area contributed by atoms with Gasteiger partial charge in [0.1, 0.15) is 12.4 Å². The summed E-state index contributed by atoms with van der Waals surface area (Å²) in [4.78, 5) is 13.2. The minimum absolute atomic E-state index is 0.0968. The summed E-state index contributed by atoms with van der Waals surface area (Å²) in [5.74, 6) is 0.0993. The minimum Gasteiger partial charge on any atom is -0.489 e. The predicted molar refractivity (Wildman–Crippen MR) is 99.3 cm³/mol. The number of nitrogens with zero attached hydrogens (tertiary/aromatic N) is 1. The van der Waals surface area contributed by atoms with Crippen molar-refractivity contribution < 1.29 is 14.6 Å². The summed E-state index contributed by atoms with van der Waals surface area (Å²) < 4.78 is 5.90. The highest BCUT2D eigenvalue weighted by molar-refractivity contribution is 5.69. The fraction of sp³-hybridized carbons (Fsp3) is 0.381. The third-order valence-electron chi connectivity index (χ3n) is 4.64. The fourth-order valence-electron chi connectivity index (χ4n) is 3.64. The molecule has 3 rings (SSSR count). The summed E-state index contributed by atoms with van der Waals surface area (Å²) in [5, 5.41) is 9.05. The molecule has 2 aromatic carbocycles. The zero-order chi connectivity index (χ0) is 17.8. The molecule has 0 radical (unpaired) electrons. The van der Waals surface area contributed by atoms with Crippen molar-refractivity contribution in [2.24, 2.45) is 0 Å². The lowest BCUT2D eigenvalue weighted by Crippen LogP contribution is -2.31. The number of aryl methyl sites for hydroxylation is 2. The van der Waals surface area contributed by atoms with E-state index >= 15 is 0 Å². The number of aliphatic carboxylic acids is 1. The van der Waals surface area contributed by atoms with Crippen LogP contribution in [0.3, 0.4) is 0 Å². The quantitative estimate of drug-likeness (QED) is 0.851. The standard InChI is InChI=1S/C21H25NO3/c1-15-10-16(2)12-17(11-15)14-25-20-7-5-18(6-8-20)22-9-3-4-19(22)13-21(23)24/h5-8,10-12,19H,3-4,9,13-14H2,1-2H3,(H,23,24). The summed E-state index contributed by atoms with van der Waals surface area (Å²) >= 11 is 0. The summed E-state index contributed by atoms with van der Waals surface area (Å²) in [7, 11) is 0. The van der Waals surface area contributed by atoms with Crippen molar-refractivity contribution in [3.8, 4) is 5.75 Å². The van der Waals surface area contributed by atoms with E-state index in [-0.39, 0.29) is 12.5 Å². The van der Waals surface area contributed by atoms with E-state index in [1.165, 1.54) is 16.7 Å². The zero-order valence-electron chi connectivity index (χ0n) is 14.9. The topological polar surface area (TPSA) is 49.8 Å². The van der Waals surface area contributed by atoms with E-state index in [1.807, 2.05) is 24.3 Å². The first-order valence-electron chi connectivity index (χ1n) is 8.80. The molecular formula is C21H25NO3. The molecule has 1 unspecified atom stereocenters. The van der Waals surface area contributed by atoms with Gasteiger partial charge in [0.15, 0.2) is 0 Å². The molecule has 0 saturated carbocycles. The van der Waals surface area contributed by atoms with Crippen molar-refractivity contribution in [2.45, 2.75) is 45.8 Å². The molecule has 0 aliphatic carbocycles. The maximum Gasteiger partial charge on any atom is 0.305 e. The Morgan fingerprint density at radius 1 is 1.16 bits per heavy atom. The van der Waals surface area contributed by atoms with Crippen LogP contribution < -0.4 is 9.64 Å². The number of ether oxygens (including phenoxy) is 1. The monoisotopic (exact) mass is 339 g/mol. The average Bonchev–Trinajstić information content (AvgIpc) is 3.00. The van der Waals surface area contributed by atoms with Crippen LogP contribution in [0.15, 0.2) is 42.5 Å². The number of carboxylic acid groups (broad SMARTS) is 1. The van der Waals surface area contributed by atoms with Crippen molar-refractivity contribution in [2.75, 3.05) is 11.4 Å². The lowest BCUT2D eigenvalue weighted by atomic mass is 10.1. The first-order valence-corrected chi connectivity index (χ1v) is 8.80. The zero-order valence-corrected chi connectivity index (χ0v) is 14.9. The van der Waals surface area contributed by atoms with E-state index in [2.05, 4.69) is 36.9 Å². The van der Waals surface area contributed by atoms with Gasteiger partial charge >= 0.3 is 5.97 Å². The Morgan fingerprint density at radius 2 is 1.84 bits per heavy atom. The van der Waals surface area contributed by atoms with E-state index < -0.39 is 5.97 Å². The molecule has 4 heteroatoms. The molecule has 4 nitrogen and oxygen atoms in total. The van der Waals surface area contributed by atoms with Gasteiger partial charge < -0.3 is 14.7 Å². The van der Waals surface area contributed by atoms with Gasteiger partial charge in [-0.05, 0) is 56.5 Å². The first-order chi connectivity index (χ1) is 12.0. The van der Waals surface area contributed by atoms with Gasteiger partial charge in [0.05, 0.1) is 6.42 Å². The first kappa shape index (κ1) is 17.3. The second-order valence-corrected chi connectivity index (χ2v) is 6.87. The van der Waals surface area contributed by atoms with E-state index in [0.29, 0.717) is 6.61 Å². The molecule has 0 aromatic heterocycles. The number of rotatable bonds is 6. The molecule has 1 heterocycles. The number of carboxylic acids is 1. The Balaban J connectivity index is 1.63. The maximum atomic E-state index is 11.0. The van der Waals surface area contributed by atoms with Crippen molar-refractivity contribution in [1.82, 2.24) is 0 Å². The highest BCUT2D eigenvalue weighted by Crippen LogP contribution is 2.29. The average molecular weight is 339 g/mol. The smallest absolute Gasteiger partial charge is 0.305 e. The lowest BCUT2D eigenvalue weighted by Gasteiger charge is -2.25. The van der Waals surface area contributed by atoms with Crippen LogP contribution >= 0.6 is 0 Å². The predicted octanol–water partition coefficient (Wildman–Crippen LogP) is 4.33. The number of hydrogen-bond donors (Lipinski definition) is 1. The summed E-state index contributed by atoms with van der Waals surface area (Å²) in [6.07, 6.45) is 2.19. The van der Waals surface area contributed by atoms with E-state index in [4.69, 9.17) is 9.84 Å². The SMILES string of the molecule is Cc1cc(C)cc(COc2ccc(N3CCCC3CC(=O)O)cc2)c1. The second kappa shape index (κ2) is 7.60. The third kappa shape index (κ3) is 4.53. The van der Waals surface area contributed by atoms with Gasteiger partial charge in [-0.15, -0.1) is 0 Å². The Morgan fingerprint density at radius 3 is 2.48 bits per heavy atom. The van der Waals surface area contributed by atoms with Gasteiger partial charge in [-0.25, -0.2) is 0 Å². The molecule has 2 aromatic rings. The van der Waals surface area contributed by atoms with Crippen LogP contribution in [0, 0.1) is 13.8 Å². The van der Waals surface area contributed by atoms with Crippen LogP contribution in [0.1, 0.15) is 36.0 Å². The summed E-state index contributed by atoms with van der Waals surface area (Å²) in [6, 6.07) is 14.5. The molecule has 1 saturated heterocycles. The molecule has 1 aliphatic rings. The van der Waals surface area contributed by atoms with Crippen LogP contribution in [0.5, 0.6) is 5.75 Å². The minimum atomic E-state index is -0.731. The molecule has 1 N–H and O–H groups in total. The highest BCUT2D eigenvalue weighted by atomic mass is 16.5. The molecule has 1 fully saturated rings. The molecular weight excluding hydrogens is 314 g/mol. The largest absolute Gasteiger partial charge is 0.489 e. The second-order valence-electron chi connectivity index (χ2n) is 6.87. The van der Waals surface area contributed by atoms with Crippen molar-refractivity contribution >= 4 is 11.7 Å². The Labute approximate surface area is 149 Å². The molecule has 0 spiro atoms. The van der Waals surface area contributed by atoms with Crippen LogP contribution in [0.25, 0.3) is 0 Å². The summed E-state index contributed by atoms with van der Waals surface area (Å²) in [6.45, 7) is 5.65. The molecule has 1 aliphatic heterocycles. The van der Waals surface area contributed by atoms with Gasteiger partial charge in [0.25, 0.3) is 0 Å². The Hall–Kier alpha value is -2.49. The van der Waals surface area contributed by atoms with Crippen LogP contribution in [0.2, 0.25) is 0 Å². The Kier molecular flexibility index (Phi) is 5.27.